The van der Waals surface area contributed by atoms with E-state index >= 15 is 0 Å². The molecule has 0 aromatic heterocycles. The van der Waals surface area contributed by atoms with Gasteiger partial charge in [-0.25, -0.2) is 0 Å². The molecule has 0 atom stereocenters. The van der Waals surface area contributed by atoms with Gasteiger partial charge in [-0.2, -0.15) is 0 Å². The summed E-state index contributed by atoms with van der Waals surface area (Å²) in [6, 6.07) is 0. The Balaban J connectivity index is 3.68. The van der Waals surface area contributed by atoms with Crippen molar-refractivity contribution in [2.24, 2.45) is 0 Å². The summed E-state index contributed by atoms with van der Waals surface area (Å²) < 4.78 is 0. The van der Waals surface area contributed by atoms with Crippen molar-refractivity contribution in [3.05, 3.63) is 12.2 Å². The Morgan fingerprint density at radius 3 is 2.18 bits per heavy atom. The van der Waals surface area contributed by atoms with E-state index < -0.39 is 5.60 Å². The number of aliphatic hydroxyl groups is 1. The van der Waals surface area contributed by atoms with Gasteiger partial charge in [-0.15, -0.1) is 0 Å². The first-order valence-electron chi connectivity index (χ1n) is 4.52. The maximum Gasteiger partial charge on any atom is 0.0645 e. The predicted octanol–water partition coefficient (Wildman–Crippen LogP) is 2.89. The van der Waals surface area contributed by atoms with Crippen molar-refractivity contribution < 1.29 is 5.11 Å². The molecule has 0 radical (unpaired) electrons. The third kappa shape index (κ3) is 4.20. The fourth-order valence-electron chi connectivity index (χ4n) is 1.12. The third-order valence-corrected chi connectivity index (χ3v) is 2.33. The molecule has 11 heavy (non-hydrogen) atoms. The van der Waals surface area contributed by atoms with E-state index in [9.17, 15) is 5.11 Å². The molecule has 1 N–H and O–H groups in total. The summed E-state index contributed by atoms with van der Waals surface area (Å²) in [6.07, 6.45) is 7.75. The Morgan fingerprint density at radius 1 is 1.27 bits per heavy atom. The second-order valence-electron chi connectivity index (χ2n) is 3.04. The molecule has 0 saturated carbocycles. The van der Waals surface area contributed by atoms with Crippen LogP contribution in [0.1, 0.15) is 46.5 Å². The third-order valence-electron chi connectivity index (χ3n) is 2.33. The minimum absolute atomic E-state index is 0.417. The Kier molecular flexibility index (Phi) is 5.22. The topological polar surface area (TPSA) is 20.2 Å². The minimum atomic E-state index is -0.417. The highest BCUT2D eigenvalue weighted by Gasteiger charge is 2.20. The van der Waals surface area contributed by atoms with Crippen LogP contribution in [0, 0.1) is 0 Å². The molecule has 0 rings (SSSR count). The van der Waals surface area contributed by atoms with Gasteiger partial charge in [0.25, 0.3) is 0 Å². The molecule has 0 heterocycles. The summed E-state index contributed by atoms with van der Waals surface area (Å²) in [4.78, 5) is 0. The molecule has 0 fully saturated rings. The standard InChI is InChI=1S/C10H20O/c1-4-7-8-9-10(11,5-2)6-3/h4,7,11H,5-6,8-9H2,1-3H3. The van der Waals surface area contributed by atoms with Gasteiger partial charge in [0.15, 0.2) is 0 Å². The van der Waals surface area contributed by atoms with Crippen molar-refractivity contribution in [3.8, 4) is 0 Å². The number of hydrogen-bond donors (Lipinski definition) is 1. The Bertz CT molecular complexity index is 112. The molecule has 0 bridgehead atoms. The summed E-state index contributed by atoms with van der Waals surface area (Å²) in [5.41, 5.74) is -0.417. The van der Waals surface area contributed by atoms with E-state index in [0.29, 0.717) is 0 Å². The van der Waals surface area contributed by atoms with Gasteiger partial charge in [-0.3, -0.25) is 0 Å². The largest absolute Gasteiger partial charge is 0.390 e. The van der Waals surface area contributed by atoms with Gasteiger partial charge in [0.05, 0.1) is 5.60 Å². The summed E-state index contributed by atoms with van der Waals surface area (Å²) in [5.74, 6) is 0. The van der Waals surface area contributed by atoms with Crippen LogP contribution >= 0.6 is 0 Å². The van der Waals surface area contributed by atoms with Gasteiger partial charge in [-0.05, 0) is 32.6 Å². The van der Waals surface area contributed by atoms with Crippen LogP contribution in [0.15, 0.2) is 12.2 Å². The highest BCUT2D eigenvalue weighted by Crippen LogP contribution is 2.20. The number of rotatable bonds is 5. The van der Waals surface area contributed by atoms with Crippen molar-refractivity contribution in [2.45, 2.75) is 52.1 Å². The maximum atomic E-state index is 9.82. The van der Waals surface area contributed by atoms with E-state index in [4.69, 9.17) is 0 Å². The van der Waals surface area contributed by atoms with E-state index in [1.165, 1.54) is 0 Å². The molecule has 0 aromatic carbocycles. The monoisotopic (exact) mass is 156 g/mol. The van der Waals surface area contributed by atoms with Crippen LogP contribution in [-0.4, -0.2) is 10.7 Å². The van der Waals surface area contributed by atoms with Gasteiger partial charge in [0.1, 0.15) is 0 Å². The van der Waals surface area contributed by atoms with E-state index in [0.717, 1.165) is 25.7 Å². The molecule has 0 aliphatic carbocycles. The number of hydrogen-bond acceptors (Lipinski definition) is 1. The van der Waals surface area contributed by atoms with Crippen LogP contribution in [0.2, 0.25) is 0 Å². The first kappa shape index (κ1) is 10.7. The van der Waals surface area contributed by atoms with Crippen LogP contribution in [0.25, 0.3) is 0 Å². The zero-order valence-corrected chi connectivity index (χ0v) is 7.93. The fourth-order valence-corrected chi connectivity index (χ4v) is 1.12. The first-order valence-corrected chi connectivity index (χ1v) is 4.52. The quantitative estimate of drug-likeness (QED) is 0.607. The van der Waals surface area contributed by atoms with Gasteiger partial charge in [-0.1, -0.05) is 26.0 Å². The lowest BCUT2D eigenvalue weighted by Crippen LogP contribution is -2.25. The van der Waals surface area contributed by atoms with Crippen LogP contribution < -0.4 is 0 Å². The lowest BCUT2D eigenvalue weighted by atomic mass is 9.92. The fraction of sp³-hybridized carbons (Fsp3) is 0.800. The van der Waals surface area contributed by atoms with Gasteiger partial charge < -0.3 is 5.11 Å². The van der Waals surface area contributed by atoms with Crippen LogP contribution in [0.3, 0.4) is 0 Å². The summed E-state index contributed by atoms with van der Waals surface area (Å²) in [7, 11) is 0. The molecule has 1 heteroatoms. The highest BCUT2D eigenvalue weighted by atomic mass is 16.3. The Labute approximate surface area is 70.1 Å². The predicted molar refractivity (Wildman–Crippen MR) is 49.6 cm³/mol. The molecule has 0 aliphatic rings. The van der Waals surface area contributed by atoms with Crippen molar-refractivity contribution in [3.63, 3.8) is 0 Å². The second kappa shape index (κ2) is 5.36. The molecule has 0 unspecified atom stereocenters. The molecular weight excluding hydrogens is 136 g/mol. The Morgan fingerprint density at radius 2 is 1.82 bits per heavy atom. The molecule has 1 nitrogen and oxygen atoms in total. The van der Waals surface area contributed by atoms with Crippen molar-refractivity contribution in [1.29, 1.82) is 0 Å². The molecular formula is C10H20O. The van der Waals surface area contributed by atoms with E-state index in [1.54, 1.807) is 0 Å². The summed E-state index contributed by atoms with van der Waals surface area (Å²) >= 11 is 0. The molecule has 0 spiro atoms. The lowest BCUT2D eigenvalue weighted by molar-refractivity contribution is 0.0246. The average Bonchev–Trinajstić information content (AvgIpc) is 2.05. The Hall–Kier alpha value is -0.300. The normalized spacial score (nSPS) is 12.7. The van der Waals surface area contributed by atoms with Crippen molar-refractivity contribution in [1.82, 2.24) is 0 Å². The molecule has 0 saturated heterocycles. The van der Waals surface area contributed by atoms with E-state index in [-0.39, 0.29) is 0 Å². The molecule has 0 amide bonds. The minimum Gasteiger partial charge on any atom is -0.390 e. The SMILES string of the molecule is CC=CCCC(O)(CC)CC. The van der Waals surface area contributed by atoms with E-state index in [2.05, 4.69) is 6.08 Å². The van der Waals surface area contributed by atoms with Gasteiger partial charge in [0.2, 0.25) is 0 Å². The highest BCUT2D eigenvalue weighted by molar-refractivity contribution is 4.83. The van der Waals surface area contributed by atoms with Crippen LogP contribution in [0.4, 0.5) is 0 Å². The molecule has 0 aliphatic heterocycles. The first-order chi connectivity index (χ1) is 5.18. The van der Waals surface area contributed by atoms with E-state index in [1.807, 2.05) is 26.8 Å². The molecule has 0 aromatic rings. The average molecular weight is 156 g/mol. The molecule has 66 valence electrons. The maximum absolute atomic E-state index is 9.82. The zero-order chi connectivity index (χ0) is 8.74. The van der Waals surface area contributed by atoms with Crippen LogP contribution in [0.5, 0.6) is 0 Å². The number of allylic oxidation sites excluding steroid dienone is 2. The second-order valence-corrected chi connectivity index (χ2v) is 3.04. The smallest absolute Gasteiger partial charge is 0.0645 e. The zero-order valence-electron chi connectivity index (χ0n) is 7.93. The van der Waals surface area contributed by atoms with Crippen molar-refractivity contribution >= 4 is 0 Å². The summed E-state index contributed by atoms with van der Waals surface area (Å²) in [6.45, 7) is 6.09. The van der Waals surface area contributed by atoms with Crippen LogP contribution in [-0.2, 0) is 0 Å². The van der Waals surface area contributed by atoms with Gasteiger partial charge >= 0.3 is 0 Å². The lowest BCUT2D eigenvalue weighted by Gasteiger charge is -2.24. The summed E-state index contributed by atoms with van der Waals surface area (Å²) in [5, 5.41) is 9.82. The van der Waals surface area contributed by atoms with Crippen molar-refractivity contribution in [2.75, 3.05) is 0 Å². The van der Waals surface area contributed by atoms with Gasteiger partial charge in [0, 0.05) is 0 Å².